The van der Waals surface area contributed by atoms with Crippen LogP contribution in [0.5, 0.6) is 0 Å². The van der Waals surface area contributed by atoms with Gasteiger partial charge in [-0.25, -0.2) is 4.79 Å². The summed E-state index contributed by atoms with van der Waals surface area (Å²) in [5.41, 5.74) is -1.47. The Morgan fingerprint density at radius 3 is 2.25 bits per heavy atom. The second kappa shape index (κ2) is 7.01. The summed E-state index contributed by atoms with van der Waals surface area (Å²) < 4.78 is 4.88. The second-order valence-electron chi connectivity index (χ2n) is 5.24. The van der Waals surface area contributed by atoms with Gasteiger partial charge in [0.15, 0.2) is 6.61 Å². The van der Waals surface area contributed by atoms with Crippen LogP contribution in [0.4, 0.5) is 5.69 Å². The molecule has 124 valence electrons. The summed E-state index contributed by atoms with van der Waals surface area (Å²) in [7, 11) is 0. The average molecular weight is 329 g/mol. The second-order valence-corrected chi connectivity index (χ2v) is 5.24. The highest BCUT2D eigenvalue weighted by Crippen LogP contribution is 2.21. The molecule has 0 heterocycles. The summed E-state index contributed by atoms with van der Waals surface area (Å²) in [6.07, 6.45) is 0. The van der Waals surface area contributed by atoms with Gasteiger partial charge in [0.25, 0.3) is 5.69 Å². The fraction of sp³-hybridized carbons (Fsp3) is 0.176. The Balaban J connectivity index is 2.00. The molecule has 0 fully saturated rings. The Morgan fingerprint density at radius 1 is 1.12 bits per heavy atom. The summed E-state index contributed by atoms with van der Waals surface area (Å²) >= 11 is 0. The molecule has 2 aromatic carbocycles. The molecule has 1 unspecified atom stereocenters. The largest absolute Gasteiger partial charge is 0.454 e. The zero-order valence-electron chi connectivity index (χ0n) is 12.8. The minimum atomic E-state index is -1.78. The quantitative estimate of drug-likeness (QED) is 0.495. The van der Waals surface area contributed by atoms with Gasteiger partial charge in [-0.05, 0) is 24.6 Å². The number of carbonyl (C=O) groups excluding carboxylic acids is 2. The van der Waals surface area contributed by atoms with Crippen LogP contribution in [0.2, 0.25) is 0 Å². The van der Waals surface area contributed by atoms with Crippen LogP contribution in [-0.4, -0.2) is 28.4 Å². The van der Waals surface area contributed by atoms with E-state index in [0.717, 1.165) is 0 Å². The first-order valence-corrected chi connectivity index (χ1v) is 7.05. The van der Waals surface area contributed by atoms with Crippen molar-refractivity contribution in [2.45, 2.75) is 12.5 Å². The smallest absolute Gasteiger partial charge is 0.338 e. The number of nitro benzene ring substituents is 1. The van der Waals surface area contributed by atoms with Crippen LogP contribution in [0.15, 0.2) is 54.6 Å². The van der Waals surface area contributed by atoms with Crippen molar-refractivity contribution in [3.05, 3.63) is 75.8 Å². The van der Waals surface area contributed by atoms with Crippen molar-refractivity contribution in [2.75, 3.05) is 6.61 Å². The lowest BCUT2D eigenvalue weighted by Crippen LogP contribution is -2.35. The van der Waals surface area contributed by atoms with Gasteiger partial charge in [-0.15, -0.1) is 0 Å². The highest BCUT2D eigenvalue weighted by molar-refractivity contribution is 5.94. The van der Waals surface area contributed by atoms with Gasteiger partial charge in [-0.1, -0.05) is 30.3 Å². The molecular formula is C17H15NO6. The predicted molar refractivity (Wildman–Crippen MR) is 84.4 cm³/mol. The van der Waals surface area contributed by atoms with Gasteiger partial charge < -0.3 is 9.84 Å². The molecule has 0 saturated carbocycles. The number of ketones is 1. The third-order valence-electron chi connectivity index (χ3n) is 3.53. The molecule has 0 saturated heterocycles. The zero-order valence-corrected chi connectivity index (χ0v) is 12.8. The van der Waals surface area contributed by atoms with Crippen molar-refractivity contribution in [3.8, 4) is 0 Å². The van der Waals surface area contributed by atoms with Gasteiger partial charge >= 0.3 is 5.97 Å². The summed E-state index contributed by atoms with van der Waals surface area (Å²) in [4.78, 5) is 34.0. The molecule has 7 nitrogen and oxygen atoms in total. The lowest BCUT2D eigenvalue weighted by atomic mass is 9.92. The molecular weight excluding hydrogens is 314 g/mol. The Bertz CT molecular complexity index is 752. The molecule has 0 amide bonds. The zero-order chi connectivity index (χ0) is 17.7. The predicted octanol–water partition coefficient (Wildman–Crippen LogP) is 2.23. The molecule has 7 heteroatoms. The molecule has 0 aliphatic rings. The molecule has 1 atom stereocenters. The van der Waals surface area contributed by atoms with Crippen LogP contribution in [-0.2, 0) is 15.1 Å². The Morgan fingerprint density at radius 2 is 1.71 bits per heavy atom. The van der Waals surface area contributed by atoms with Gasteiger partial charge in [0.05, 0.1) is 10.5 Å². The van der Waals surface area contributed by atoms with Crippen molar-refractivity contribution in [2.24, 2.45) is 0 Å². The van der Waals surface area contributed by atoms with Crippen molar-refractivity contribution in [1.29, 1.82) is 0 Å². The normalized spacial score (nSPS) is 12.9. The van der Waals surface area contributed by atoms with Crippen LogP contribution in [0.3, 0.4) is 0 Å². The standard InChI is InChI=1S/C17H15NO6/c1-17(21,13-5-3-2-4-6-13)15(19)11-24-16(20)12-7-9-14(10-8-12)18(22)23/h2-10,21H,11H2,1H3. The first kappa shape index (κ1) is 17.3. The Hall–Kier alpha value is -3.06. The number of nitrogens with zero attached hydrogens (tertiary/aromatic N) is 1. The lowest BCUT2D eigenvalue weighted by molar-refractivity contribution is -0.384. The maximum atomic E-state index is 12.1. The number of benzene rings is 2. The third-order valence-corrected chi connectivity index (χ3v) is 3.53. The van der Waals surface area contributed by atoms with Crippen LogP contribution in [0.1, 0.15) is 22.8 Å². The van der Waals surface area contributed by atoms with Gasteiger partial charge in [0.2, 0.25) is 5.78 Å². The summed E-state index contributed by atoms with van der Waals surface area (Å²) in [6, 6.07) is 13.1. The number of carbonyl (C=O) groups is 2. The van der Waals surface area contributed by atoms with E-state index in [1.165, 1.54) is 31.2 Å². The van der Waals surface area contributed by atoms with Crippen LogP contribution in [0.25, 0.3) is 0 Å². The topological polar surface area (TPSA) is 107 Å². The minimum absolute atomic E-state index is 0.0766. The van der Waals surface area contributed by atoms with E-state index in [-0.39, 0.29) is 11.3 Å². The summed E-state index contributed by atoms with van der Waals surface area (Å²) in [6.45, 7) is 0.710. The number of hydrogen-bond donors (Lipinski definition) is 1. The molecule has 0 radical (unpaired) electrons. The molecule has 0 bridgehead atoms. The molecule has 1 N–H and O–H groups in total. The third kappa shape index (κ3) is 3.82. The first-order chi connectivity index (χ1) is 11.3. The van der Waals surface area contributed by atoms with Gasteiger partial charge in [-0.3, -0.25) is 14.9 Å². The summed E-state index contributed by atoms with van der Waals surface area (Å²) in [5, 5.41) is 20.9. The van der Waals surface area contributed by atoms with Crippen molar-refractivity contribution < 1.29 is 24.4 Å². The molecule has 0 aliphatic heterocycles. The number of non-ortho nitro benzene ring substituents is 1. The van der Waals surface area contributed by atoms with E-state index in [1.54, 1.807) is 30.3 Å². The number of ether oxygens (including phenoxy) is 1. The van der Waals surface area contributed by atoms with Crippen LogP contribution < -0.4 is 0 Å². The fourth-order valence-corrected chi connectivity index (χ4v) is 2.00. The van der Waals surface area contributed by atoms with Gasteiger partial charge in [-0.2, -0.15) is 0 Å². The fourth-order valence-electron chi connectivity index (χ4n) is 2.00. The molecule has 0 aliphatic carbocycles. The Kier molecular flexibility index (Phi) is 5.05. The van der Waals surface area contributed by atoms with E-state index >= 15 is 0 Å². The summed E-state index contributed by atoms with van der Waals surface area (Å²) in [5.74, 6) is -1.48. The van der Waals surface area contributed by atoms with Crippen molar-refractivity contribution in [1.82, 2.24) is 0 Å². The highest BCUT2D eigenvalue weighted by Gasteiger charge is 2.32. The monoisotopic (exact) mass is 329 g/mol. The molecule has 0 aromatic heterocycles. The lowest BCUT2D eigenvalue weighted by Gasteiger charge is -2.22. The maximum absolute atomic E-state index is 12.1. The minimum Gasteiger partial charge on any atom is -0.454 e. The van der Waals surface area contributed by atoms with Crippen LogP contribution in [0, 0.1) is 10.1 Å². The van der Waals surface area contributed by atoms with Crippen LogP contribution >= 0.6 is 0 Å². The average Bonchev–Trinajstić information content (AvgIpc) is 2.60. The first-order valence-electron chi connectivity index (χ1n) is 7.05. The number of esters is 1. The van der Waals surface area contributed by atoms with E-state index in [4.69, 9.17) is 4.74 Å². The molecule has 0 spiro atoms. The number of nitro groups is 1. The number of hydrogen-bond acceptors (Lipinski definition) is 6. The Labute approximate surface area is 137 Å². The van der Waals surface area contributed by atoms with Crippen molar-refractivity contribution >= 4 is 17.4 Å². The van der Waals surface area contributed by atoms with Crippen molar-refractivity contribution in [3.63, 3.8) is 0 Å². The number of aliphatic hydroxyl groups is 1. The van der Waals surface area contributed by atoms with E-state index < -0.39 is 28.9 Å². The number of Topliss-reactive ketones (excluding diaryl/α,β-unsaturated/α-hetero) is 1. The van der Waals surface area contributed by atoms with E-state index in [9.17, 15) is 24.8 Å². The highest BCUT2D eigenvalue weighted by atomic mass is 16.6. The van der Waals surface area contributed by atoms with E-state index in [1.807, 2.05) is 0 Å². The molecule has 2 aromatic rings. The molecule has 2 rings (SSSR count). The van der Waals surface area contributed by atoms with Gasteiger partial charge in [0, 0.05) is 12.1 Å². The maximum Gasteiger partial charge on any atom is 0.338 e. The molecule has 24 heavy (non-hydrogen) atoms. The van der Waals surface area contributed by atoms with E-state index in [2.05, 4.69) is 0 Å². The SMILES string of the molecule is CC(O)(C(=O)COC(=O)c1ccc([N+](=O)[O-])cc1)c1ccccc1. The van der Waals surface area contributed by atoms with E-state index in [0.29, 0.717) is 5.56 Å². The van der Waals surface area contributed by atoms with Gasteiger partial charge in [0.1, 0.15) is 5.60 Å². The number of rotatable bonds is 6.